The molecule has 1 aliphatic heterocycles. The van der Waals surface area contributed by atoms with Crippen LogP contribution in [0.2, 0.25) is 0 Å². The minimum Gasteiger partial charge on any atom is -0.487 e. The van der Waals surface area contributed by atoms with E-state index >= 15 is 0 Å². The number of ether oxygens (including phenoxy) is 1. The zero-order valence-corrected chi connectivity index (χ0v) is 10.7. The van der Waals surface area contributed by atoms with Crippen LogP contribution >= 0.6 is 0 Å². The van der Waals surface area contributed by atoms with Crippen LogP contribution in [0.4, 0.5) is 4.39 Å². The zero-order valence-electron chi connectivity index (χ0n) is 10.7. The smallest absolute Gasteiger partial charge is 0.126 e. The summed E-state index contributed by atoms with van der Waals surface area (Å²) in [6.07, 6.45) is 4.49. The van der Waals surface area contributed by atoms with Crippen LogP contribution in [0.5, 0.6) is 5.75 Å². The Morgan fingerprint density at radius 2 is 2.22 bits per heavy atom. The number of fused-ring (bicyclic) bond motifs is 1. The lowest BCUT2D eigenvalue weighted by atomic mass is 9.71. The molecule has 3 atom stereocenters. The third-order valence-corrected chi connectivity index (χ3v) is 4.57. The maximum atomic E-state index is 13.2. The molecule has 1 fully saturated rings. The molecule has 1 N–H and O–H groups in total. The van der Waals surface area contributed by atoms with Crippen LogP contribution in [-0.4, -0.2) is 10.7 Å². The molecular weight excluding hydrogens is 231 g/mol. The first-order valence-electron chi connectivity index (χ1n) is 6.77. The van der Waals surface area contributed by atoms with E-state index < -0.39 is 6.10 Å². The van der Waals surface area contributed by atoms with Crippen LogP contribution < -0.4 is 4.74 Å². The van der Waals surface area contributed by atoms with Crippen LogP contribution in [0, 0.1) is 11.7 Å². The van der Waals surface area contributed by atoms with E-state index in [2.05, 4.69) is 6.92 Å². The average molecular weight is 250 g/mol. The van der Waals surface area contributed by atoms with Crippen molar-refractivity contribution >= 4 is 0 Å². The van der Waals surface area contributed by atoms with E-state index in [1.165, 1.54) is 18.6 Å². The van der Waals surface area contributed by atoms with Crippen LogP contribution in [0.25, 0.3) is 0 Å². The Hall–Kier alpha value is -1.09. The first-order chi connectivity index (χ1) is 8.61. The van der Waals surface area contributed by atoms with Crippen LogP contribution in [-0.2, 0) is 0 Å². The van der Waals surface area contributed by atoms with E-state index in [0.717, 1.165) is 19.3 Å². The van der Waals surface area contributed by atoms with Crippen molar-refractivity contribution in [2.45, 2.75) is 50.7 Å². The van der Waals surface area contributed by atoms with Crippen molar-refractivity contribution < 1.29 is 14.2 Å². The van der Waals surface area contributed by atoms with Gasteiger partial charge in [0.2, 0.25) is 0 Å². The summed E-state index contributed by atoms with van der Waals surface area (Å²) in [5.41, 5.74) is 0.348. The van der Waals surface area contributed by atoms with Crippen molar-refractivity contribution in [1.82, 2.24) is 0 Å². The highest BCUT2D eigenvalue weighted by molar-refractivity contribution is 5.38. The van der Waals surface area contributed by atoms with Gasteiger partial charge in [-0.25, -0.2) is 4.39 Å². The molecule has 0 aromatic heterocycles. The van der Waals surface area contributed by atoms with Gasteiger partial charge >= 0.3 is 0 Å². The van der Waals surface area contributed by atoms with Gasteiger partial charge in [0, 0.05) is 12.0 Å². The maximum Gasteiger partial charge on any atom is 0.126 e. The molecule has 98 valence electrons. The Kier molecular flexibility index (Phi) is 2.81. The predicted molar refractivity (Wildman–Crippen MR) is 67.0 cm³/mol. The summed E-state index contributed by atoms with van der Waals surface area (Å²) in [4.78, 5) is 0. The van der Waals surface area contributed by atoms with E-state index in [-0.39, 0.29) is 11.4 Å². The molecule has 0 bridgehead atoms. The Morgan fingerprint density at radius 3 is 3.00 bits per heavy atom. The fourth-order valence-electron chi connectivity index (χ4n) is 3.41. The van der Waals surface area contributed by atoms with E-state index in [1.54, 1.807) is 6.07 Å². The van der Waals surface area contributed by atoms with Gasteiger partial charge in [-0.05, 0) is 43.4 Å². The normalized spacial score (nSPS) is 35.1. The summed E-state index contributed by atoms with van der Waals surface area (Å²) in [6.45, 7) is 2.19. The van der Waals surface area contributed by atoms with Gasteiger partial charge in [-0.1, -0.05) is 13.3 Å². The van der Waals surface area contributed by atoms with Crippen molar-refractivity contribution in [2.24, 2.45) is 5.92 Å². The maximum absolute atomic E-state index is 13.2. The van der Waals surface area contributed by atoms with E-state index in [4.69, 9.17) is 4.74 Å². The Labute approximate surface area is 107 Å². The lowest BCUT2D eigenvalue weighted by Gasteiger charge is -2.47. The van der Waals surface area contributed by atoms with Gasteiger partial charge in [0.05, 0.1) is 6.10 Å². The van der Waals surface area contributed by atoms with Crippen molar-refractivity contribution in [3.05, 3.63) is 29.6 Å². The zero-order chi connectivity index (χ0) is 12.8. The monoisotopic (exact) mass is 250 g/mol. The molecule has 1 aromatic carbocycles. The predicted octanol–water partition coefficient (Wildman–Crippen LogP) is 3.59. The van der Waals surface area contributed by atoms with Crippen molar-refractivity contribution in [3.8, 4) is 5.75 Å². The molecule has 18 heavy (non-hydrogen) atoms. The molecule has 1 aromatic rings. The summed E-state index contributed by atoms with van der Waals surface area (Å²) in [7, 11) is 0. The molecule has 0 radical (unpaired) electrons. The first kappa shape index (κ1) is 12.0. The summed E-state index contributed by atoms with van der Waals surface area (Å²) in [5, 5.41) is 10.3. The molecule has 1 spiro atoms. The summed E-state index contributed by atoms with van der Waals surface area (Å²) in [5.74, 6) is 0.784. The number of hydrogen-bond acceptors (Lipinski definition) is 2. The second-order valence-corrected chi connectivity index (χ2v) is 5.72. The fourth-order valence-corrected chi connectivity index (χ4v) is 3.41. The average Bonchev–Trinajstić information content (AvgIpc) is 2.34. The summed E-state index contributed by atoms with van der Waals surface area (Å²) in [6, 6.07) is 4.44. The van der Waals surface area contributed by atoms with Gasteiger partial charge in [-0.3, -0.25) is 0 Å². The van der Waals surface area contributed by atoms with Gasteiger partial charge < -0.3 is 9.84 Å². The molecule has 0 amide bonds. The van der Waals surface area contributed by atoms with Gasteiger partial charge in [0.1, 0.15) is 17.2 Å². The van der Waals surface area contributed by atoms with Crippen molar-refractivity contribution in [3.63, 3.8) is 0 Å². The molecule has 3 unspecified atom stereocenters. The van der Waals surface area contributed by atoms with Gasteiger partial charge in [-0.2, -0.15) is 0 Å². The van der Waals surface area contributed by atoms with Gasteiger partial charge in [0.25, 0.3) is 0 Å². The molecule has 2 nitrogen and oxygen atoms in total. The van der Waals surface area contributed by atoms with Gasteiger partial charge in [-0.15, -0.1) is 0 Å². The highest BCUT2D eigenvalue weighted by atomic mass is 19.1. The molecule has 3 heteroatoms. The minimum absolute atomic E-state index is 0.248. The highest BCUT2D eigenvalue weighted by Crippen LogP contribution is 2.48. The molecule has 2 aliphatic rings. The van der Waals surface area contributed by atoms with Gasteiger partial charge in [0.15, 0.2) is 0 Å². The fraction of sp³-hybridized carbons (Fsp3) is 0.600. The molecule has 1 saturated carbocycles. The standard InChI is InChI=1S/C15H19FO2/c1-10-4-2-3-7-15(10)9-13(17)12-8-11(16)5-6-14(12)18-15/h5-6,8,10,13,17H,2-4,7,9H2,1H3. The van der Waals surface area contributed by atoms with Crippen LogP contribution in [0.1, 0.15) is 50.7 Å². The number of benzene rings is 1. The molecule has 1 heterocycles. The van der Waals surface area contributed by atoms with E-state index in [9.17, 15) is 9.50 Å². The number of aliphatic hydroxyl groups excluding tert-OH is 1. The first-order valence-corrected chi connectivity index (χ1v) is 6.77. The Balaban J connectivity index is 1.98. The third kappa shape index (κ3) is 1.81. The number of rotatable bonds is 0. The van der Waals surface area contributed by atoms with E-state index in [1.807, 2.05) is 0 Å². The Morgan fingerprint density at radius 1 is 1.39 bits per heavy atom. The van der Waals surface area contributed by atoms with Crippen molar-refractivity contribution in [1.29, 1.82) is 0 Å². The van der Waals surface area contributed by atoms with Crippen LogP contribution in [0.3, 0.4) is 0 Å². The second-order valence-electron chi connectivity index (χ2n) is 5.72. The summed E-state index contributed by atoms with van der Waals surface area (Å²) >= 11 is 0. The topological polar surface area (TPSA) is 29.5 Å². The number of hydrogen-bond donors (Lipinski definition) is 1. The highest BCUT2D eigenvalue weighted by Gasteiger charge is 2.45. The molecular formula is C15H19FO2. The molecule has 0 saturated heterocycles. The lowest BCUT2D eigenvalue weighted by Crippen LogP contribution is -2.48. The SMILES string of the molecule is CC1CCCCC12CC(O)c1cc(F)ccc1O2. The second kappa shape index (κ2) is 4.23. The van der Waals surface area contributed by atoms with E-state index in [0.29, 0.717) is 23.7 Å². The lowest BCUT2D eigenvalue weighted by molar-refractivity contribution is -0.0718. The minimum atomic E-state index is -0.606. The Bertz CT molecular complexity index is 460. The molecule has 3 rings (SSSR count). The quantitative estimate of drug-likeness (QED) is 0.762. The number of aliphatic hydroxyl groups is 1. The van der Waals surface area contributed by atoms with Crippen molar-refractivity contribution in [2.75, 3.05) is 0 Å². The molecule has 1 aliphatic carbocycles. The largest absolute Gasteiger partial charge is 0.487 e. The number of halogens is 1. The van der Waals surface area contributed by atoms with Crippen LogP contribution in [0.15, 0.2) is 18.2 Å². The third-order valence-electron chi connectivity index (χ3n) is 4.57. The summed E-state index contributed by atoms with van der Waals surface area (Å²) < 4.78 is 19.4.